The Morgan fingerprint density at radius 1 is 1.45 bits per heavy atom. The van der Waals surface area contributed by atoms with E-state index in [1.54, 1.807) is 30.1 Å². The van der Waals surface area contributed by atoms with Crippen LogP contribution in [0.1, 0.15) is 38.6 Å². The first kappa shape index (κ1) is 15.0. The van der Waals surface area contributed by atoms with Crippen molar-refractivity contribution in [1.29, 1.82) is 0 Å². The normalized spacial score (nSPS) is 25.1. The van der Waals surface area contributed by atoms with E-state index in [-0.39, 0.29) is 23.2 Å². The van der Waals surface area contributed by atoms with Crippen molar-refractivity contribution in [2.75, 3.05) is 6.26 Å². The summed E-state index contributed by atoms with van der Waals surface area (Å²) < 4.78 is 24.8. The Hall–Kier alpha value is -1.37. The molecule has 7 heteroatoms. The second-order valence-electron chi connectivity index (χ2n) is 5.49. The number of nitrogens with zero attached hydrogens (tertiary/aromatic N) is 2. The van der Waals surface area contributed by atoms with Crippen LogP contribution >= 0.6 is 0 Å². The average molecular weight is 299 g/mol. The maximum absolute atomic E-state index is 12.1. The van der Waals surface area contributed by atoms with Crippen molar-refractivity contribution in [3.63, 3.8) is 0 Å². The molecular weight excluding hydrogens is 278 g/mol. The molecule has 1 N–H and O–H groups in total. The van der Waals surface area contributed by atoms with Gasteiger partial charge in [0.1, 0.15) is 15.9 Å². The number of sulfone groups is 1. The van der Waals surface area contributed by atoms with E-state index < -0.39 is 9.84 Å². The summed E-state index contributed by atoms with van der Waals surface area (Å²) in [6, 6.07) is 1.32. The van der Waals surface area contributed by atoms with E-state index in [1.165, 1.54) is 6.26 Å². The molecule has 6 nitrogen and oxygen atoms in total. The molecule has 1 aliphatic rings. The lowest BCUT2D eigenvalue weighted by Gasteiger charge is -2.29. The van der Waals surface area contributed by atoms with Gasteiger partial charge in [-0.05, 0) is 32.3 Å². The minimum absolute atomic E-state index is 0.0611. The monoisotopic (exact) mass is 299 g/mol. The van der Waals surface area contributed by atoms with Crippen LogP contribution in [0.3, 0.4) is 0 Å². The number of aromatic nitrogens is 2. The van der Waals surface area contributed by atoms with Gasteiger partial charge in [-0.2, -0.15) is 5.10 Å². The lowest BCUT2D eigenvalue weighted by molar-refractivity contribution is -0.125. The molecule has 2 rings (SSSR count). The van der Waals surface area contributed by atoms with Crippen molar-refractivity contribution < 1.29 is 13.2 Å². The summed E-state index contributed by atoms with van der Waals surface area (Å²) >= 11 is 0. The topological polar surface area (TPSA) is 81.1 Å². The summed E-state index contributed by atoms with van der Waals surface area (Å²) in [5.74, 6) is -0.118. The van der Waals surface area contributed by atoms with Crippen molar-refractivity contribution >= 4 is 15.7 Å². The number of carbonyl (C=O) groups is 1. The zero-order valence-corrected chi connectivity index (χ0v) is 12.6. The molecule has 1 fully saturated rings. The first-order valence-electron chi connectivity index (χ1n) is 6.86. The summed E-state index contributed by atoms with van der Waals surface area (Å²) in [5.41, 5.74) is 0. The largest absolute Gasteiger partial charge is 0.351 e. The SMILES string of the molecule is C[C@H](C(=O)N[C@@H]1CCC[C@@H](S(C)(=O)=O)C1)n1cccn1. The zero-order valence-electron chi connectivity index (χ0n) is 11.8. The molecule has 1 saturated carbocycles. The minimum Gasteiger partial charge on any atom is -0.351 e. The van der Waals surface area contributed by atoms with Crippen LogP contribution in [-0.2, 0) is 14.6 Å². The van der Waals surface area contributed by atoms with Gasteiger partial charge in [-0.25, -0.2) is 8.42 Å². The molecule has 1 amide bonds. The molecular formula is C13H21N3O3S. The summed E-state index contributed by atoms with van der Waals surface area (Å²) in [5, 5.41) is 6.66. The number of rotatable bonds is 4. The molecule has 0 bridgehead atoms. The van der Waals surface area contributed by atoms with Gasteiger partial charge in [0.05, 0.1) is 5.25 Å². The van der Waals surface area contributed by atoms with Crippen LogP contribution in [-0.4, -0.2) is 41.7 Å². The third-order valence-corrected chi connectivity index (χ3v) is 5.52. The smallest absolute Gasteiger partial charge is 0.244 e. The zero-order chi connectivity index (χ0) is 14.8. The number of nitrogens with one attached hydrogen (secondary N) is 1. The van der Waals surface area contributed by atoms with Gasteiger partial charge in [-0.15, -0.1) is 0 Å². The molecule has 0 aromatic carbocycles. The molecule has 0 radical (unpaired) electrons. The Bertz CT molecular complexity index is 553. The van der Waals surface area contributed by atoms with E-state index in [0.29, 0.717) is 12.8 Å². The second kappa shape index (κ2) is 5.95. The van der Waals surface area contributed by atoms with Gasteiger partial charge >= 0.3 is 0 Å². The lowest BCUT2D eigenvalue weighted by atomic mass is 9.95. The molecule has 1 heterocycles. The molecule has 3 atom stereocenters. The van der Waals surface area contributed by atoms with Gasteiger partial charge in [0.15, 0.2) is 0 Å². The van der Waals surface area contributed by atoms with Crippen molar-refractivity contribution in [3.8, 4) is 0 Å². The molecule has 1 aliphatic carbocycles. The van der Waals surface area contributed by atoms with E-state index >= 15 is 0 Å². The van der Waals surface area contributed by atoms with E-state index in [4.69, 9.17) is 0 Å². The summed E-state index contributed by atoms with van der Waals surface area (Å²) in [6.45, 7) is 1.78. The lowest BCUT2D eigenvalue weighted by Crippen LogP contribution is -2.44. The van der Waals surface area contributed by atoms with Gasteiger partial charge in [0.25, 0.3) is 0 Å². The quantitative estimate of drug-likeness (QED) is 0.896. The van der Waals surface area contributed by atoms with Gasteiger partial charge in [0.2, 0.25) is 5.91 Å². The summed E-state index contributed by atoms with van der Waals surface area (Å²) in [7, 11) is -3.03. The minimum atomic E-state index is -3.03. The fourth-order valence-electron chi connectivity index (χ4n) is 2.62. The first-order chi connectivity index (χ1) is 9.38. The third kappa shape index (κ3) is 3.59. The van der Waals surface area contributed by atoms with E-state index in [9.17, 15) is 13.2 Å². The highest BCUT2D eigenvalue weighted by atomic mass is 32.2. The molecule has 0 saturated heterocycles. The highest BCUT2D eigenvalue weighted by Crippen LogP contribution is 2.24. The third-order valence-electron chi connectivity index (χ3n) is 3.88. The van der Waals surface area contributed by atoms with Crippen LogP contribution < -0.4 is 5.32 Å². The van der Waals surface area contributed by atoms with Crippen LogP contribution in [0.15, 0.2) is 18.5 Å². The van der Waals surface area contributed by atoms with Crippen LogP contribution in [0, 0.1) is 0 Å². The number of hydrogen-bond acceptors (Lipinski definition) is 4. The predicted octanol–water partition coefficient (Wildman–Crippen LogP) is 0.916. The van der Waals surface area contributed by atoms with Crippen LogP contribution in [0.5, 0.6) is 0 Å². The van der Waals surface area contributed by atoms with Crippen LogP contribution in [0.25, 0.3) is 0 Å². The Balaban J connectivity index is 1.94. The molecule has 20 heavy (non-hydrogen) atoms. The van der Waals surface area contributed by atoms with Gasteiger partial charge in [-0.1, -0.05) is 6.42 Å². The maximum Gasteiger partial charge on any atom is 0.244 e. The standard InChI is InChI=1S/C13H21N3O3S/c1-10(16-8-4-7-14-16)13(17)15-11-5-3-6-12(9-11)20(2,18)19/h4,7-8,10-12H,3,5-6,9H2,1-2H3,(H,15,17)/t10-,11-,12-/m1/s1. The highest BCUT2D eigenvalue weighted by Gasteiger charge is 2.30. The van der Waals surface area contributed by atoms with Crippen LogP contribution in [0.2, 0.25) is 0 Å². The maximum atomic E-state index is 12.1. The molecule has 0 aliphatic heterocycles. The molecule has 1 aromatic heterocycles. The van der Waals surface area contributed by atoms with Gasteiger partial charge < -0.3 is 5.32 Å². The van der Waals surface area contributed by atoms with Crippen molar-refractivity contribution in [3.05, 3.63) is 18.5 Å². The predicted molar refractivity (Wildman–Crippen MR) is 76.0 cm³/mol. The molecule has 1 aromatic rings. The Kier molecular flexibility index (Phi) is 4.47. The van der Waals surface area contributed by atoms with E-state index in [1.807, 2.05) is 0 Å². The Labute approximate surface area is 119 Å². The van der Waals surface area contributed by atoms with Crippen molar-refractivity contribution in [1.82, 2.24) is 15.1 Å². The molecule has 0 spiro atoms. The number of amides is 1. The Morgan fingerprint density at radius 3 is 2.80 bits per heavy atom. The summed E-state index contributed by atoms with van der Waals surface area (Å²) in [4.78, 5) is 12.1. The van der Waals surface area contributed by atoms with Gasteiger partial charge in [0, 0.05) is 24.7 Å². The second-order valence-corrected chi connectivity index (χ2v) is 7.81. The van der Waals surface area contributed by atoms with Crippen LogP contribution in [0.4, 0.5) is 0 Å². The van der Waals surface area contributed by atoms with Gasteiger partial charge in [-0.3, -0.25) is 9.48 Å². The van der Waals surface area contributed by atoms with Crippen molar-refractivity contribution in [2.45, 2.75) is 49.9 Å². The first-order valence-corrected chi connectivity index (χ1v) is 8.81. The molecule has 112 valence electrons. The fraction of sp³-hybridized carbons (Fsp3) is 0.692. The highest BCUT2D eigenvalue weighted by molar-refractivity contribution is 7.91. The Morgan fingerprint density at radius 2 is 2.20 bits per heavy atom. The fourth-order valence-corrected chi connectivity index (χ4v) is 3.79. The molecule has 0 unspecified atom stereocenters. The van der Waals surface area contributed by atoms with E-state index in [0.717, 1.165) is 12.8 Å². The number of carbonyl (C=O) groups excluding carboxylic acids is 1. The summed E-state index contributed by atoms with van der Waals surface area (Å²) in [6.07, 6.45) is 7.52. The van der Waals surface area contributed by atoms with E-state index in [2.05, 4.69) is 10.4 Å². The van der Waals surface area contributed by atoms with Crippen molar-refractivity contribution in [2.24, 2.45) is 0 Å². The average Bonchev–Trinajstić information content (AvgIpc) is 2.91. The number of hydrogen-bond donors (Lipinski definition) is 1.